The first-order chi connectivity index (χ1) is 6.77. The Morgan fingerprint density at radius 3 is 2.93 bits per heavy atom. The summed E-state index contributed by atoms with van der Waals surface area (Å²) in [6, 6.07) is 7.99. The molecule has 0 spiro atoms. The lowest BCUT2D eigenvalue weighted by Crippen LogP contribution is -2.13. The molecule has 0 amide bonds. The number of nitrogens with two attached hydrogens (primary N) is 1. The minimum atomic E-state index is -0.162. The van der Waals surface area contributed by atoms with Crippen molar-refractivity contribution in [2.24, 2.45) is 5.73 Å². The lowest BCUT2D eigenvalue weighted by atomic mass is 10.1. The molecular formula is C11H13N3. The van der Waals surface area contributed by atoms with Crippen molar-refractivity contribution in [3.05, 3.63) is 53.6 Å². The third-order valence-corrected chi connectivity index (χ3v) is 2.22. The maximum Gasteiger partial charge on any atom is 0.127 e. The topological polar surface area (TPSA) is 54.7 Å². The van der Waals surface area contributed by atoms with E-state index in [9.17, 15) is 0 Å². The van der Waals surface area contributed by atoms with Crippen LogP contribution in [0.3, 0.4) is 0 Å². The van der Waals surface area contributed by atoms with E-state index in [0.717, 1.165) is 11.4 Å². The summed E-state index contributed by atoms with van der Waals surface area (Å²) in [4.78, 5) is 7.16. The van der Waals surface area contributed by atoms with Gasteiger partial charge in [-0.25, -0.2) is 4.98 Å². The molecule has 0 aliphatic carbocycles. The van der Waals surface area contributed by atoms with E-state index < -0.39 is 0 Å². The summed E-state index contributed by atoms with van der Waals surface area (Å²) >= 11 is 0. The highest BCUT2D eigenvalue weighted by Crippen LogP contribution is 2.16. The van der Waals surface area contributed by atoms with Gasteiger partial charge in [-0.3, -0.25) is 0 Å². The number of aryl methyl sites for hydroxylation is 1. The maximum atomic E-state index is 6.04. The number of rotatable bonds is 2. The van der Waals surface area contributed by atoms with Crippen LogP contribution in [0.25, 0.3) is 0 Å². The van der Waals surface area contributed by atoms with Crippen LogP contribution in [0.5, 0.6) is 0 Å². The second kappa shape index (κ2) is 3.64. The number of aromatic amines is 1. The van der Waals surface area contributed by atoms with E-state index in [-0.39, 0.29) is 6.04 Å². The number of nitrogens with one attached hydrogen (secondary N) is 1. The lowest BCUT2D eigenvalue weighted by molar-refractivity contribution is 0.800. The Morgan fingerprint density at radius 1 is 1.43 bits per heavy atom. The molecule has 2 rings (SSSR count). The Kier molecular flexibility index (Phi) is 2.33. The van der Waals surface area contributed by atoms with E-state index in [1.165, 1.54) is 5.56 Å². The molecule has 3 N–H and O–H groups in total. The van der Waals surface area contributed by atoms with Crippen LogP contribution in [-0.4, -0.2) is 9.97 Å². The quantitative estimate of drug-likeness (QED) is 0.752. The highest BCUT2D eigenvalue weighted by Gasteiger charge is 2.10. The zero-order valence-electron chi connectivity index (χ0n) is 8.07. The molecule has 14 heavy (non-hydrogen) atoms. The van der Waals surface area contributed by atoms with Crippen LogP contribution in [0.15, 0.2) is 36.7 Å². The van der Waals surface area contributed by atoms with Crippen molar-refractivity contribution in [2.75, 3.05) is 0 Å². The van der Waals surface area contributed by atoms with Gasteiger partial charge in [-0.1, -0.05) is 29.8 Å². The van der Waals surface area contributed by atoms with Gasteiger partial charge in [0.25, 0.3) is 0 Å². The fourth-order valence-corrected chi connectivity index (χ4v) is 1.47. The van der Waals surface area contributed by atoms with Crippen LogP contribution >= 0.6 is 0 Å². The van der Waals surface area contributed by atoms with Gasteiger partial charge in [0, 0.05) is 12.4 Å². The lowest BCUT2D eigenvalue weighted by Gasteiger charge is -2.09. The molecule has 3 nitrogen and oxygen atoms in total. The fourth-order valence-electron chi connectivity index (χ4n) is 1.47. The monoisotopic (exact) mass is 187 g/mol. The molecular weight excluding hydrogens is 174 g/mol. The average Bonchev–Trinajstić information content (AvgIpc) is 2.69. The Labute approximate surface area is 83.0 Å². The van der Waals surface area contributed by atoms with Gasteiger partial charge in [-0.05, 0) is 12.5 Å². The number of aromatic nitrogens is 2. The van der Waals surface area contributed by atoms with E-state index in [4.69, 9.17) is 5.73 Å². The molecule has 72 valence electrons. The molecule has 0 bridgehead atoms. The second-order valence-electron chi connectivity index (χ2n) is 3.37. The molecule has 1 aromatic heterocycles. The van der Waals surface area contributed by atoms with Gasteiger partial charge in [0.1, 0.15) is 5.82 Å². The van der Waals surface area contributed by atoms with Crippen molar-refractivity contribution in [3.8, 4) is 0 Å². The molecule has 2 aromatic rings. The van der Waals surface area contributed by atoms with Crippen LogP contribution in [0.2, 0.25) is 0 Å². The number of benzene rings is 1. The zero-order chi connectivity index (χ0) is 9.97. The van der Waals surface area contributed by atoms with Gasteiger partial charge < -0.3 is 10.7 Å². The number of nitrogens with zero attached hydrogens (tertiary/aromatic N) is 1. The van der Waals surface area contributed by atoms with E-state index >= 15 is 0 Å². The summed E-state index contributed by atoms with van der Waals surface area (Å²) < 4.78 is 0. The van der Waals surface area contributed by atoms with E-state index in [0.29, 0.717) is 0 Å². The predicted octanol–water partition coefficient (Wildman–Crippen LogP) is 1.77. The van der Waals surface area contributed by atoms with E-state index in [1.54, 1.807) is 12.4 Å². The Bertz CT molecular complexity index is 406. The molecule has 1 atom stereocenters. The first kappa shape index (κ1) is 8.97. The van der Waals surface area contributed by atoms with Crippen molar-refractivity contribution in [1.82, 2.24) is 9.97 Å². The summed E-state index contributed by atoms with van der Waals surface area (Å²) in [7, 11) is 0. The van der Waals surface area contributed by atoms with Crippen molar-refractivity contribution in [2.45, 2.75) is 13.0 Å². The highest BCUT2D eigenvalue weighted by atomic mass is 14.9. The van der Waals surface area contributed by atoms with Crippen LogP contribution in [-0.2, 0) is 0 Å². The van der Waals surface area contributed by atoms with Crippen LogP contribution in [0.4, 0.5) is 0 Å². The largest absolute Gasteiger partial charge is 0.347 e. The molecule has 0 fully saturated rings. The summed E-state index contributed by atoms with van der Waals surface area (Å²) in [5.41, 5.74) is 8.33. The van der Waals surface area contributed by atoms with E-state index in [2.05, 4.69) is 29.0 Å². The maximum absolute atomic E-state index is 6.04. The second-order valence-corrected chi connectivity index (χ2v) is 3.37. The molecule has 0 radical (unpaired) electrons. The van der Waals surface area contributed by atoms with Gasteiger partial charge in [-0.2, -0.15) is 0 Å². The Morgan fingerprint density at radius 2 is 2.29 bits per heavy atom. The third-order valence-electron chi connectivity index (χ3n) is 2.22. The predicted molar refractivity (Wildman–Crippen MR) is 55.8 cm³/mol. The van der Waals surface area contributed by atoms with E-state index in [1.807, 2.05) is 12.1 Å². The summed E-state index contributed by atoms with van der Waals surface area (Å²) in [5, 5.41) is 0. The highest BCUT2D eigenvalue weighted by molar-refractivity contribution is 5.28. The van der Waals surface area contributed by atoms with Gasteiger partial charge in [-0.15, -0.1) is 0 Å². The number of H-pyrrole nitrogens is 1. The minimum Gasteiger partial charge on any atom is -0.347 e. The molecule has 1 unspecified atom stereocenters. The molecule has 1 heterocycles. The third kappa shape index (κ3) is 1.67. The Balaban J connectivity index is 2.32. The average molecular weight is 187 g/mol. The molecule has 3 heteroatoms. The number of hydrogen-bond acceptors (Lipinski definition) is 2. The molecule has 0 aliphatic heterocycles. The summed E-state index contributed by atoms with van der Waals surface area (Å²) in [6.07, 6.45) is 3.50. The van der Waals surface area contributed by atoms with Crippen LogP contribution in [0, 0.1) is 6.92 Å². The minimum absolute atomic E-state index is 0.162. The molecule has 0 aliphatic rings. The van der Waals surface area contributed by atoms with Crippen LogP contribution in [0.1, 0.15) is 23.0 Å². The first-order valence-electron chi connectivity index (χ1n) is 4.59. The van der Waals surface area contributed by atoms with Crippen molar-refractivity contribution < 1.29 is 0 Å². The van der Waals surface area contributed by atoms with Gasteiger partial charge in [0.05, 0.1) is 6.04 Å². The number of hydrogen-bond donors (Lipinski definition) is 2. The number of imidazole rings is 1. The molecule has 1 aromatic carbocycles. The molecule has 0 saturated heterocycles. The summed E-state index contributed by atoms with van der Waals surface area (Å²) in [5.74, 6) is 0.801. The van der Waals surface area contributed by atoms with Crippen molar-refractivity contribution in [3.63, 3.8) is 0 Å². The van der Waals surface area contributed by atoms with Gasteiger partial charge >= 0.3 is 0 Å². The SMILES string of the molecule is Cc1cccc(C(N)c2ncc[nH]2)c1. The standard InChI is InChI=1S/C11H13N3/c1-8-3-2-4-9(7-8)10(12)11-13-5-6-14-11/h2-7,10H,12H2,1H3,(H,13,14). The molecule has 0 saturated carbocycles. The first-order valence-corrected chi connectivity index (χ1v) is 4.59. The summed E-state index contributed by atoms with van der Waals surface area (Å²) in [6.45, 7) is 2.05. The zero-order valence-corrected chi connectivity index (χ0v) is 8.07. The van der Waals surface area contributed by atoms with Crippen LogP contribution < -0.4 is 5.73 Å². The Hall–Kier alpha value is -1.61. The fraction of sp³-hybridized carbons (Fsp3) is 0.182. The normalized spacial score (nSPS) is 12.7. The van der Waals surface area contributed by atoms with Crippen molar-refractivity contribution >= 4 is 0 Å². The van der Waals surface area contributed by atoms with Gasteiger partial charge in [0.15, 0.2) is 0 Å². The smallest absolute Gasteiger partial charge is 0.127 e. The van der Waals surface area contributed by atoms with Gasteiger partial charge in [0.2, 0.25) is 0 Å². The van der Waals surface area contributed by atoms with Crippen molar-refractivity contribution in [1.29, 1.82) is 0 Å².